The number of nitrogens with two attached hydrogens (primary N) is 2. The van der Waals surface area contributed by atoms with E-state index in [1.807, 2.05) is 0 Å². The Kier molecular flexibility index (Phi) is 3.81. The summed E-state index contributed by atoms with van der Waals surface area (Å²) >= 11 is 0. The maximum absolute atomic E-state index is 11.0. The molecule has 1 rings (SSSR count). The van der Waals surface area contributed by atoms with E-state index in [2.05, 4.69) is 15.3 Å². The Morgan fingerprint density at radius 3 is 2.80 bits per heavy atom. The molecule has 0 saturated carbocycles. The van der Waals surface area contributed by atoms with E-state index >= 15 is 0 Å². The van der Waals surface area contributed by atoms with Crippen LogP contribution in [0, 0.1) is 0 Å². The molecule has 15 heavy (non-hydrogen) atoms. The van der Waals surface area contributed by atoms with E-state index in [9.17, 15) is 9.59 Å². The molecule has 0 aromatic carbocycles. The smallest absolute Gasteiger partial charge is 0.240 e. The maximum Gasteiger partial charge on any atom is 0.240 e. The summed E-state index contributed by atoms with van der Waals surface area (Å²) in [6.07, 6.45) is 3.32. The predicted octanol–water partition coefficient (Wildman–Crippen LogP) is -2.12. The van der Waals surface area contributed by atoms with Crippen molar-refractivity contribution in [2.45, 2.75) is 12.5 Å². The highest BCUT2D eigenvalue weighted by Crippen LogP contribution is 1.97. The second-order valence-corrected chi connectivity index (χ2v) is 3.01. The molecule has 0 saturated heterocycles. The molecule has 0 aliphatic heterocycles. The van der Waals surface area contributed by atoms with Crippen LogP contribution in [0.1, 0.15) is 5.69 Å². The Labute approximate surface area is 86.2 Å². The van der Waals surface area contributed by atoms with Gasteiger partial charge < -0.3 is 21.8 Å². The number of nitrogens with one attached hydrogen (secondary N) is 2. The van der Waals surface area contributed by atoms with Crippen LogP contribution in [-0.2, 0) is 16.0 Å². The van der Waals surface area contributed by atoms with Crippen molar-refractivity contribution in [2.24, 2.45) is 11.5 Å². The van der Waals surface area contributed by atoms with Crippen LogP contribution in [0.15, 0.2) is 12.5 Å². The van der Waals surface area contributed by atoms with Gasteiger partial charge in [-0.1, -0.05) is 0 Å². The first kappa shape index (κ1) is 11.2. The minimum absolute atomic E-state index is 0.174. The number of carbonyl (C=O) groups excluding carboxylic acids is 2. The number of nitrogens with zero attached hydrogens (tertiary/aromatic N) is 1. The number of hydrogen-bond acceptors (Lipinski definition) is 4. The van der Waals surface area contributed by atoms with Crippen LogP contribution < -0.4 is 16.8 Å². The van der Waals surface area contributed by atoms with Crippen LogP contribution in [0.25, 0.3) is 0 Å². The molecule has 0 aliphatic carbocycles. The van der Waals surface area contributed by atoms with Crippen molar-refractivity contribution in [3.05, 3.63) is 18.2 Å². The van der Waals surface area contributed by atoms with Gasteiger partial charge in [0, 0.05) is 18.3 Å². The van der Waals surface area contributed by atoms with Crippen molar-refractivity contribution in [1.82, 2.24) is 15.3 Å². The fourth-order valence-electron chi connectivity index (χ4n) is 1.09. The van der Waals surface area contributed by atoms with Crippen molar-refractivity contribution in [1.29, 1.82) is 0 Å². The molecule has 0 fully saturated rings. The molecule has 1 heterocycles. The number of imidazole rings is 1. The number of primary amides is 1. The van der Waals surface area contributed by atoms with Crippen molar-refractivity contribution >= 4 is 11.8 Å². The minimum Gasteiger partial charge on any atom is -0.368 e. The minimum atomic E-state index is -0.763. The van der Waals surface area contributed by atoms with E-state index in [4.69, 9.17) is 11.5 Å². The Hall–Kier alpha value is -1.89. The van der Waals surface area contributed by atoms with E-state index in [0.29, 0.717) is 0 Å². The lowest BCUT2D eigenvalue weighted by Gasteiger charge is -2.13. The summed E-state index contributed by atoms with van der Waals surface area (Å²) in [5.74, 6) is -1.02. The molecule has 1 atom stereocenters. The van der Waals surface area contributed by atoms with E-state index < -0.39 is 17.9 Å². The Morgan fingerprint density at radius 1 is 1.60 bits per heavy atom. The molecular weight excluding hydrogens is 198 g/mol. The highest BCUT2D eigenvalue weighted by atomic mass is 16.2. The normalized spacial score (nSPS) is 12.1. The average molecular weight is 211 g/mol. The molecule has 7 nitrogen and oxygen atoms in total. The van der Waals surface area contributed by atoms with Crippen LogP contribution in [-0.4, -0.2) is 34.4 Å². The van der Waals surface area contributed by atoms with Crippen LogP contribution >= 0.6 is 0 Å². The number of carbonyl (C=O) groups is 2. The zero-order valence-electron chi connectivity index (χ0n) is 8.06. The Morgan fingerprint density at radius 2 is 2.33 bits per heavy atom. The summed E-state index contributed by atoms with van der Waals surface area (Å²) < 4.78 is 0. The first-order valence-corrected chi connectivity index (χ1v) is 4.39. The fourth-order valence-corrected chi connectivity index (χ4v) is 1.09. The average Bonchev–Trinajstić information content (AvgIpc) is 2.69. The third kappa shape index (κ3) is 3.39. The number of aromatic nitrogens is 2. The third-order valence-corrected chi connectivity index (χ3v) is 1.84. The molecule has 0 bridgehead atoms. The topological polar surface area (TPSA) is 127 Å². The molecule has 0 aliphatic rings. The molecule has 1 aromatic rings. The van der Waals surface area contributed by atoms with Gasteiger partial charge in [-0.2, -0.15) is 0 Å². The van der Waals surface area contributed by atoms with Gasteiger partial charge in [0.2, 0.25) is 11.8 Å². The number of hydrogen-bond donors (Lipinski definition) is 4. The molecule has 0 unspecified atom stereocenters. The van der Waals surface area contributed by atoms with Gasteiger partial charge in [0.25, 0.3) is 0 Å². The highest BCUT2D eigenvalue weighted by Gasteiger charge is 2.18. The first-order valence-electron chi connectivity index (χ1n) is 4.39. The van der Waals surface area contributed by atoms with E-state index in [1.54, 1.807) is 6.20 Å². The van der Waals surface area contributed by atoms with Gasteiger partial charge in [-0.05, 0) is 0 Å². The van der Waals surface area contributed by atoms with Gasteiger partial charge in [-0.15, -0.1) is 0 Å². The third-order valence-electron chi connectivity index (χ3n) is 1.84. The molecule has 0 radical (unpaired) electrons. The lowest BCUT2D eigenvalue weighted by Crippen LogP contribution is -2.47. The van der Waals surface area contributed by atoms with E-state index in [0.717, 1.165) is 5.69 Å². The molecule has 0 spiro atoms. The number of aromatic amines is 1. The summed E-state index contributed by atoms with van der Waals surface area (Å²) in [5.41, 5.74) is 11.0. The first-order chi connectivity index (χ1) is 7.13. The SMILES string of the molecule is NCC(=O)N[C@H](Cc1cnc[nH]1)C(N)=O. The molecule has 2 amide bonds. The van der Waals surface area contributed by atoms with Crippen molar-refractivity contribution in [3.8, 4) is 0 Å². The van der Waals surface area contributed by atoms with Crippen LogP contribution in [0.5, 0.6) is 0 Å². The number of amides is 2. The summed E-state index contributed by atoms with van der Waals surface area (Å²) in [6, 6.07) is -0.763. The van der Waals surface area contributed by atoms with Gasteiger partial charge in [0.05, 0.1) is 12.9 Å². The standard InChI is InChI=1S/C8H13N5O2/c9-2-7(14)13-6(8(10)15)1-5-3-11-4-12-5/h3-4,6H,1-2,9H2,(H2,10,15)(H,11,12)(H,13,14)/t6-/m1/s1. The molecule has 6 N–H and O–H groups in total. The van der Waals surface area contributed by atoms with E-state index in [1.165, 1.54) is 6.33 Å². The molecule has 1 aromatic heterocycles. The van der Waals surface area contributed by atoms with Crippen LogP contribution in [0.3, 0.4) is 0 Å². The van der Waals surface area contributed by atoms with Crippen LogP contribution in [0.4, 0.5) is 0 Å². The van der Waals surface area contributed by atoms with Gasteiger partial charge in [-0.3, -0.25) is 9.59 Å². The highest BCUT2D eigenvalue weighted by molar-refractivity contribution is 5.87. The van der Waals surface area contributed by atoms with Crippen molar-refractivity contribution in [3.63, 3.8) is 0 Å². The largest absolute Gasteiger partial charge is 0.368 e. The quantitative estimate of drug-likeness (QED) is 0.444. The molecular formula is C8H13N5O2. The van der Waals surface area contributed by atoms with Gasteiger partial charge in [0.15, 0.2) is 0 Å². The predicted molar refractivity (Wildman–Crippen MR) is 52.5 cm³/mol. The van der Waals surface area contributed by atoms with Crippen molar-refractivity contribution < 1.29 is 9.59 Å². The van der Waals surface area contributed by atoms with Gasteiger partial charge >= 0.3 is 0 Å². The second kappa shape index (κ2) is 5.11. The lowest BCUT2D eigenvalue weighted by molar-refractivity contribution is -0.126. The maximum atomic E-state index is 11.0. The fraction of sp³-hybridized carbons (Fsp3) is 0.375. The second-order valence-electron chi connectivity index (χ2n) is 3.01. The lowest BCUT2D eigenvalue weighted by atomic mass is 10.1. The Bertz CT molecular complexity index is 335. The monoisotopic (exact) mass is 211 g/mol. The zero-order valence-corrected chi connectivity index (χ0v) is 8.06. The van der Waals surface area contributed by atoms with Gasteiger partial charge in [-0.25, -0.2) is 4.98 Å². The summed E-state index contributed by atoms with van der Waals surface area (Å²) in [4.78, 5) is 28.6. The zero-order chi connectivity index (χ0) is 11.3. The molecule has 7 heteroatoms. The van der Waals surface area contributed by atoms with Crippen LogP contribution in [0.2, 0.25) is 0 Å². The summed E-state index contributed by atoms with van der Waals surface area (Å²) in [5, 5.41) is 2.42. The van der Waals surface area contributed by atoms with Gasteiger partial charge in [0.1, 0.15) is 6.04 Å². The number of H-pyrrole nitrogens is 1. The molecule has 82 valence electrons. The Balaban J connectivity index is 2.59. The number of rotatable bonds is 5. The van der Waals surface area contributed by atoms with E-state index in [-0.39, 0.29) is 13.0 Å². The van der Waals surface area contributed by atoms with Crippen molar-refractivity contribution in [2.75, 3.05) is 6.54 Å². The summed E-state index contributed by atoms with van der Waals surface area (Å²) in [6.45, 7) is -0.174. The summed E-state index contributed by atoms with van der Waals surface area (Å²) in [7, 11) is 0.